The molecule has 0 saturated carbocycles. The third kappa shape index (κ3) is 5.86. The van der Waals surface area contributed by atoms with Crippen LogP contribution in [-0.2, 0) is 0 Å². The van der Waals surface area contributed by atoms with Crippen LogP contribution < -0.4 is 5.32 Å². The number of alkyl halides is 3. The van der Waals surface area contributed by atoms with Crippen molar-refractivity contribution in [3.05, 3.63) is 35.4 Å². The molecule has 0 spiro atoms. The Balaban J connectivity index is 2.72. The van der Waals surface area contributed by atoms with Crippen molar-refractivity contribution in [3.63, 3.8) is 0 Å². The van der Waals surface area contributed by atoms with Crippen LogP contribution in [0.3, 0.4) is 0 Å². The summed E-state index contributed by atoms with van der Waals surface area (Å²) in [6.07, 6.45) is -4.28. The Labute approximate surface area is 115 Å². The molecule has 1 nitrogen and oxygen atoms in total. The monoisotopic (exact) mass is 295 g/mol. The Morgan fingerprint density at radius 1 is 1.20 bits per heavy atom. The second-order valence-electron chi connectivity index (χ2n) is 4.68. The zero-order valence-electron chi connectivity index (χ0n) is 11.2. The summed E-state index contributed by atoms with van der Waals surface area (Å²) in [6.45, 7) is 2.47. The van der Waals surface area contributed by atoms with Gasteiger partial charge in [0, 0.05) is 24.1 Å². The number of benzene rings is 1. The van der Waals surface area contributed by atoms with Gasteiger partial charge in [0.15, 0.2) is 0 Å². The standard InChI is InChI=1S/C14H18F5N/c1-2-8-20-13(4-3-7-14(17,18)19)11-6-5-10(15)9-12(11)16/h5-6,9,13,20H,2-4,7-8H2,1H3. The first-order valence-corrected chi connectivity index (χ1v) is 6.58. The predicted octanol–water partition coefficient (Wildman–Crippen LogP) is 4.74. The maximum Gasteiger partial charge on any atom is 0.389 e. The lowest BCUT2D eigenvalue weighted by atomic mass is 10.00. The van der Waals surface area contributed by atoms with E-state index in [1.807, 2.05) is 6.92 Å². The van der Waals surface area contributed by atoms with E-state index in [4.69, 9.17) is 0 Å². The highest BCUT2D eigenvalue weighted by atomic mass is 19.4. The maximum atomic E-state index is 13.7. The molecule has 0 amide bonds. The molecular weight excluding hydrogens is 277 g/mol. The zero-order valence-corrected chi connectivity index (χ0v) is 11.2. The van der Waals surface area contributed by atoms with Crippen molar-refractivity contribution >= 4 is 0 Å². The molecule has 1 aromatic rings. The van der Waals surface area contributed by atoms with Gasteiger partial charge in [-0.1, -0.05) is 13.0 Å². The molecule has 0 aliphatic heterocycles. The van der Waals surface area contributed by atoms with Gasteiger partial charge in [-0.15, -0.1) is 0 Å². The van der Waals surface area contributed by atoms with Crippen molar-refractivity contribution in [2.75, 3.05) is 6.54 Å². The van der Waals surface area contributed by atoms with Crippen LogP contribution in [0.4, 0.5) is 22.0 Å². The fraction of sp³-hybridized carbons (Fsp3) is 0.571. The summed E-state index contributed by atoms with van der Waals surface area (Å²) in [5.74, 6) is -1.43. The summed E-state index contributed by atoms with van der Waals surface area (Å²) in [5, 5.41) is 3.00. The van der Waals surface area contributed by atoms with E-state index in [1.165, 1.54) is 6.07 Å². The number of halogens is 5. The van der Waals surface area contributed by atoms with Crippen molar-refractivity contribution < 1.29 is 22.0 Å². The molecule has 6 heteroatoms. The number of rotatable bonds is 7. The van der Waals surface area contributed by atoms with Gasteiger partial charge in [0.2, 0.25) is 0 Å². The van der Waals surface area contributed by atoms with Crippen molar-refractivity contribution in [2.45, 2.75) is 44.8 Å². The van der Waals surface area contributed by atoms with Gasteiger partial charge in [0.25, 0.3) is 0 Å². The Kier molecular flexibility index (Phi) is 6.39. The topological polar surface area (TPSA) is 12.0 Å². The van der Waals surface area contributed by atoms with E-state index in [0.717, 1.165) is 18.6 Å². The summed E-state index contributed by atoms with van der Waals surface area (Å²) in [6, 6.07) is 2.62. The third-order valence-corrected chi connectivity index (χ3v) is 2.93. The van der Waals surface area contributed by atoms with Crippen molar-refractivity contribution in [1.29, 1.82) is 0 Å². The second kappa shape index (κ2) is 7.57. The molecule has 0 bridgehead atoms. The van der Waals surface area contributed by atoms with Gasteiger partial charge in [0.05, 0.1) is 0 Å². The van der Waals surface area contributed by atoms with Crippen molar-refractivity contribution in [1.82, 2.24) is 5.32 Å². The first-order valence-electron chi connectivity index (χ1n) is 6.58. The van der Waals surface area contributed by atoms with E-state index in [-0.39, 0.29) is 18.4 Å². The zero-order chi connectivity index (χ0) is 15.2. The molecule has 0 aromatic heterocycles. The van der Waals surface area contributed by atoms with Crippen LogP contribution in [0.25, 0.3) is 0 Å². The van der Waals surface area contributed by atoms with Crippen LogP contribution in [0.1, 0.15) is 44.2 Å². The van der Waals surface area contributed by atoms with Gasteiger partial charge in [0.1, 0.15) is 11.6 Å². The molecule has 0 fully saturated rings. The molecular formula is C14H18F5N. The molecule has 0 saturated heterocycles. The van der Waals surface area contributed by atoms with Gasteiger partial charge in [-0.05, 0) is 31.9 Å². The number of hydrogen-bond acceptors (Lipinski definition) is 1. The molecule has 0 aliphatic carbocycles. The lowest BCUT2D eigenvalue weighted by Crippen LogP contribution is -2.23. The quantitative estimate of drug-likeness (QED) is 0.717. The van der Waals surface area contributed by atoms with Gasteiger partial charge < -0.3 is 5.32 Å². The molecule has 20 heavy (non-hydrogen) atoms. The average Bonchev–Trinajstić information content (AvgIpc) is 2.33. The van der Waals surface area contributed by atoms with Gasteiger partial charge in [-0.25, -0.2) is 8.78 Å². The molecule has 0 heterocycles. The molecule has 0 radical (unpaired) electrons. The van der Waals surface area contributed by atoms with E-state index in [1.54, 1.807) is 0 Å². The van der Waals surface area contributed by atoms with Gasteiger partial charge >= 0.3 is 6.18 Å². The third-order valence-electron chi connectivity index (χ3n) is 2.93. The smallest absolute Gasteiger partial charge is 0.310 e. The predicted molar refractivity (Wildman–Crippen MR) is 67.3 cm³/mol. The van der Waals surface area contributed by atoms with Gasteiger partial charge in [-0.2, -0.15) is 13.2 Å². The molecule has 1 N–H and O–H groups in total. The molecule has 1 rings (SSSR count). The summed E-state index contributed by atoms with van der Waals surface area (Å²) in [4.78, 5) is 0. The normalized spacial score (nSPS) is 13.5. The molecule has 1 unspecified atom stereocenters. The molecule has 1 aromatic carbocycles. The van der Waals surface area contributed by atoms with Crippen LogP contribution in [0.15, 0.2) is 18.2 Å². The summed E-state index contributed by atoms with van der Waals surface area (Å²) in [7, 11) is 0. The van der Waals surface area contributed by atoms with E-state index < -0.39 is 30.3 Å². The number of hydrogen-bond donors (Lipinski definition) is 1. The molecule has 114 valence electrons. The van der Waals surface area contributed by atoms with Crippen LogP contribution >= 0.6 is 0 Å². The van der Waals surface area contributed by atoms with Crippen LogP contribution in [0.2, 0.25) is 0 Å². The summed E-state index contributed by atoms with van der Waals surface area (Å²) < 4.78 is 63.0. The highest BCUT2D eigenvalue weighted by Crippen LogP contribution is 2.27. The first-order chi connectivity index (χ1) is 9.33. The molecule has 0 aliphatic rings. The van der Waals surface area contributed by atoms with Crippen LogP contribution in [0, 0.1) is 11.6 Å². The Hall–Kier alpha value is -1.17. The Morgan fingerprint density at radius 3 is 2.45 bits per heavy atom. The Morgan fingerprint density at radius 2 is 1.90 bits per heavy atom. The minimum atomic E-state index is -4.21. The van der Waals surface area contributed by atoms with Crippen LogP contribution in [-0.4, -0.2) is 12.7 Å². The SMILES string of the molecule is CCCNC(CCCC(F)(F)F)c1ccc(F)cc1F. The summed E-state index contributed by atoms with van der Waals surface area (Å²) in [5.41, 5.74) is 0.210. The van der Waals surface area contributed by atoms with E-state index in [9.17, 15) is 22.0 Å². The van der Waals surface area contributed by atoms with Crippen molar-refractivity contribution in [2.24, 2.45) is 0 Å². The fourth-order valence-corrected chi connectivity index (χ4v) is 1.98. The van der Waals surface area contributed by atoms with E-state index >= 15 is 0 Å². The van der Waals surface area contributed by atoms with E-state index in [0.29, 0.717) is 6.54 Å². The summed E-state index contributed by atoms with van der Waals surface area (Å²) >= 11 is 0. The highest BCUT2D eigenvalue weighted by Gasteiger charge is 2.27. The maximum absolute atomic E-state index is 13.7. The van der Waals surface area contributed by atoms with Gasteiger partial charge in [-0.3, -0.25) is 0 Å². The van der Waals surface area contributed by atoms with E-state index in [2.05, 4.69) is 5.32 Å². The second-order valence-corrected chi connectivity index (χ2v) is 4.68. The number of nitrogens with one attached hydrogen (secondary N) is 1. The lowest BCUT2D eigenvalue weighted by molar-refractivity contribution is -0.135. The first kappa shape index (κ1) is 16.9. The lowest BCUT2D eigenvalue weighted by Gasteiger charge is -2.20. The average molecular weight is 295 g/mol. The molecule has 1 atom stereocenters. The minimum absolute atomic E-state index is 0.0955. The largest absolute Gasteiger partial charge is 0.389 e. The van der Waals surface area contributed by atoms with Crippen LogP contribution in [0.5, 0.6) is 0 Å². The Bertz CT molecular complexity index is 417. The highest BCUT2D eigenvalue weighted by molar-refractivity contribution is 5.22. The fourth-order valence-electron chi connectivity index (χ4n) is 1.98. The minimum Gasteiger partial charge on any atom is -0.310 e. The van der Waals surface area contributed by atoms with Crippen molar-refractivity contribution in [3.8, 4) is 0 Å².